The van der Waals surface area contributed by atoms with E-state index in [0.29, 0.717) is 25.9 Å². The van der Waals surface area contributed by atoms with E-state index in [1.807, 2.05) is 0 Å². The van der Waals surface area contributed by atoms with Gasteiger partial charge in [-0.1, -0.05) is 398 Å². The molecule has 0 rings (SSSR count). The largest absolute Gasteiger partial charge is 0.466 e. The molecule has 0 saturated heterocycles. The summed E-state index contributed by atoms with van der Waals surface area (Å²) in [5.41, 5.74) is 0. The predicted molar refractivity (Wildman–Crippen MR) is 375 cm³/mol. The molecular formula is C79H153NO5. The van der Waals surface area contributed by atoms with Gasteiger partial charge in [0.15, 0.2) is 0 Å². The number of aliphatic hydroxyl groups is 2. The van der Waals surface area contributed by atoms with E-state index in [0.717, 1.165) is 51.4 Å². The minimum Gasteiger partial charge on any atom is -0.466 e. The Hall–Kier alpha value is -1.66. The van der Waals surface area contributed by atoms with Gasteiger partial charge in [0, 0.05) is 12.8 Å². The van der Waals surface area contributed by atoms with Crippen molar-refractivity contribution in [2.24, 2.45) is 0 Å². The van der Waals surface area contributed by atoms with Crippen LogP contribution in [-0.4, -0.2) is 47.4 Å². The zero-order valence-electron chi connectivity index (χ0n) is 57.9. The van der Waals surface area contributed by atoms with Gasteiger partial charge in [-0.15, -0.1) is 0 Å². The van der Waals surface area contributed by atoms with Crippen LogP contribution < -0.4 is 5.32 Å². The first-order valence-electron chi connectivity index (χ1n) is 39.1. The monoisotopic (exact) mass is 1200 g/mol. The number of aliphatic hydroxyl groups excluding tert-OH is 2. The Labute approximate surface area is 532 Å². The van der Waals surface area contributed by atoms with Crippen LogP contribution >= 0.6 is 0 Å². The molecule has 0 heterocycles. The first-order valence-corrected chi connectivity index (χ1v) is 39.1. The molecule has 6 heteroatoms. The Bertz CT molecular complexity index is 1330. The summed E-state index contributed by atoms with van der Waals surface area (Å²) >= 11 is 0. The fraction of sp³-hybridized carbons (Fsp3) is 0.924. The van der Waals surface area contributed by atoms with Gasteiger partial charge in [0.25, 0.3) is 0 Å². The van der Waals surface area contributed by atoms with Crippen LogP contribution in [0.2, 0.25) is 0 Å². The number of hydrogen-bond donors (Lipinski definition) is 3. The van der Waals surface area contributed by atoms with Crippen molar-refractivity contribution in [1.29, 1.82) is 0 Å². The van der Waals surface area contributed by atoms with E-state index in [1.54, 1.807) is 0 Å². The molecule has 504 valence electrons. The number of amides is 1. The van der Waals surface area contributed by atoms with E-state index >= 15 is 0 Å². The fourth-order valence-electron chi connectivity index (χ4n) is 12.6. The summed E-state index contributed by atoms with van der Waals surface area (Å²) in [4.78, 5) is 24.7. The Balaban J connectivity index is 3.34. The SMILES string of the molecule is CCCCCC/C=C\C/C=C\CCCCCCCCCC(=O)OCCCCCCCCCCCCCCCCCCCCCCCCCCCCCCC(=O)NC(CO)C(O)CCCCCCCCCCCCCCCCCCCCCCCC. The van der Waals surface area contributed by atoms with Crippen molar-refractivity contribution in [2.75, 3.05) is 13.2 Å². The smallest absolute Gasteiger partial charge is 0.305 e. The van der Waals surface area contributed by atoms with Crippen molar-refractivity contribution in [1.82, 2.24) is 5.32 Å². The highest BCUT2D eigenvalue weighted by Crippen LogP contribution is 2.20. The molecule has 0 radical (unpaired) electrons. The van der Waals surface area contributed by atoms with Crippen molar-refractivity contribution >= 4 is 11.9 Å². The van der Waals surface area contributed by atoms with E-state index in [4.69, 9.17) is 4.74 Å². The summed E-state index contributed by atoms with van der Waals surface area (Å²) in [5, 5.41) is 23.5. The molecule has 6 nitrogen and oxygen atoms in total. The molecule has 0 aromatic heterocycles. The third-order valence-corrected chi connectivity index (χ3v) is 18.5. The molecule has 0 aromatic carbocycles. The molecule has 0 aliphatic heterocycles. The topological polar surface area (TPSA) is 95.9 Å². The van der Waals surface area contributed by atoms with Crippen LogP contribution in [-0.2, 0) is 14.3 Å². The van der Waals surface area contributed by atoms with E-state index in [1.165, 1.54) is 360 Å². The van der Waals surface area contributed by atoms with Crippen molar-refractivity contribution in [3.8, 4) is 0 Å². The first-order chi connectivity index (χ1) is 42.0. The average Bonchev–Trinajstić information content (AvgIpc) is 3.51. The highest BCUT2D eigenvalue weighted by atomic mass is 16.5. The summed E-state index contributed by atoms with van der Waals surface area (Å²) in [5.74, 6) is -0.0139. The molecule has 0 fully saturated rings. The van der Waals surface area contributed by atoms with E-state index < -0.39 is 12.1 Å². The summed E-state index contributed by atoms with van der Waals surface area (Å²) < 4.78 is 5.51. The maximum absolute atomic E-state index is 12.6. The summed E-state index contributed by atoms with van der Waals surface area (Å²) in [6, 6.07) is -0.540. The molecule has 0 aliphatic carbocycles. The van der Waals surface area contributed by atoms with Gasteiger partial charge >= 0.3 is 5.97 Å². The zero-order valence-corrected chi connectivity index (χ0v) is 57.9. The number of esters is 1. The summed E-state index contributed by atoms with van der Waals surface area (Å²) in [7, 11) is 0. The number of unbranched alkanes of at least 4 members (excludes halogenated alkanes) is 59. The van der Waals surface area contributed by atoms with Crippen molar-refractivity contribution in [3.05, 3.63) is 24.3 Å². The van der Waals surface area contributed by atoms with Crippen LogP contribution in [0.3, 0.4) is 0 Å². The van der Waals surface area contributed by atoms with E-state index in [9.17, 15) is 19.8 Å². The normalized spacial score (nSPS) is 12.6. The molecule has 85 heavy (non-hydrogen) atoms. The van der Waals surface area contributed by atoms with E-state index in [-0.39, 0.29) is 18.5 Å². The van der Waals surface area contributed by atoms with Gasteiger partial charge in [0.1, 0.15) is 0 Å². The fourth-order valence-corrected chi connectivity index (χ4v) is 12.6. The van der Waals surface area contributed by atoms with Gasteiger partial charge < -0.3 is 20.3 Å². The summed E-state index contributed by atoms with van der Waals surface area (Å²) in [6.07, 6.45) is 95.4. The standard InChI is InChI=1S/C79H153NO5/c1-3-5-7-9-11-13-15-17-19-21-23-24-33-36-39-43-47-51-55-59-63-67-71-77(82)76(75-81)80-78(83)72-68-64-60-56-52-48-44-40-37-34-31-29-27-25-26-28-30-32-35-38-42-46-50-54-58-62-66-70-74-85-79(84)73-69-65-61-57-53-49-45-41-22-20-18-16-14-12-10-8-6-4-2/h14,16,20,22,76-77,81-82H,3-13,15,17-19,21,23-75H2,1-2H3,(H,80,83)/b16-14-,22-20-. The zero-order chi connectivity index (χ0) is 61.3. The Morgan fingerprint density at radius 3 is 0.906 bits per heavy atom. The molecule has 1 amide bonds. The van der Waals surface area contributed by atoms with Crippen molar-refractivity contribution < 1.29 is 24.5 Å². The molecule has 0 bridgehead atoms. The first kappa shape index (κ1) is 83.3. The third-order valence-electron chi connectivity index (χ3n) is 18.5. The van der Waals surface area contributed by atoms with Crippen LogP contribution in [0.25, 0.3) is 0 Å². The van der Waals surface area contributed by atoms with Crippen LogP contribution in [0.5, 0.6) is 0 Å². The lowest BCUT2D eigenvalue weighted by Crippen LogP contribution is -2.45. The number of hydrogen-bond acceptors (Lipinski definition) is 5. The minimum absolute atomic E-state index is 0.0126. The number of allylic oxidation sites excluding steroid dienone is 4. The molecule has 2 unspecified atom stereocenters. The Morgan fingerprint density at radius 2 is 0.588 bits per heavy atom. The third kappa shape index (κ3) is 71.3. The molecule has 0 spiro atoms. The lowest BCUT2D eigenvalue weighted by molar-refractivity contribution is -0.143. The Morgan fingerprint density at radius 1 is 0.329 bits per heavy atom. The lowest BCUT2D eigenvalue weighted by Gasteiger charge is -2.22. The number of rotatable bonds is 74. The van der Waals surface area contributed by atoms with Gasteiger partial charge in [-0.25, -0.2) is 0 Å². The van der Waals surface area contributed by atoms with Crippen LogP contribution in [0.15, 0.2) is 24.3 Å². The molecular weight excluding hydrogens is 1040 g/mol. The van der Waals surface area contributed by atoms with Crippen molar-refractivity contribution in [2.45, 2.75) is 456 Å². The van der Waals surface area contributed by atoms with Gasteiger partial charge in [0.05, 0.1) is 25.4 Å². The quantitative estimate of drug-likeness (QED) is 0.0320. The molecule has 0 aliphatic rings. The number of ether oxygens (including phenoxy) is 1. The van der Waals surface area contributed by atoms with Crippen LogP contribution in [0, 0.1) is 0 Å². The number of carbonyl (C=O) groups is 2. The maximum Gasteiger partial charge on any atom is 0.305 e. The molecule has 0 aromatic rings. The van der Waals surface area contributed by atoms with Crippen LogP contribution in [0.4, 0.5) is 0 Å². The second-order valence-corrected chi connectivity index (χ2v) is 27.0. The molecule has 0 saturated carbocycles. The average molecular weight is 1200 g/mol. The van der Waals surface area contributed by atoms with Gasteiger partial charge in [0.2, 0.25) is 5.91 Å². The maximum atomic E-state index is 12.6. The number of carbonyl (C=O) groups excluding carboxylic acids is 2. The molecule has 2 atom stereocenters. The predicted octanol–water partition coefficient (Wildman–Crippen LogP) is 25.7. The second kappa shape index (κ2) is 74.8. The summed E-state index contributed by atoms with van der Waals surface area (Å²) in [6.45, 7) is 4.99. The van der Waals surface area contributed by atoms with E-state index in [2.05, 4.69) is 43.5 Å². The molecule has 3 N–H and O–H groups in total. The number of nitrogens with one attached hydrogen (secondary N) is 1. The van der Waals surface area contributed by atoms with Gasteiger partial charge in [-0.3, -0.25) is 9.59 Å². The highest BCUT2D eigenvalue weighted by molar-refractivity contribution is 5.76. The lowest BCUT2D eigenvalue weighted by atomic mass is 10.0. The second-order valence-electron chi connectivity index (χ2n) is 27.0. The van der Waals surface area contributed by atoms with Gasteiger partial charge in [-0.05, 0) is 57.8 Å². The van der Waals surface area contributed by atoms with Crippen LogP contribution in [0.1, 0.15) is 444 Å². The Kier molecular flexibility index (Phi) is 73.3. The van der Waals surface area contributed by atoms with Gasteiger partial charge in [-0.2, -0.15) is 0 Å². The minimum atomic E-state index is -0.663. The highest BCUT2D eigenvalue weighted by Gasteiger charge is 2.20. The van der Waals surface area contributed by atoms with Crippen molar-refractivity contribution in [3.63, 3.8) is 0 Å².